The Hall–Kier alpha value is -3.15. The predicted octanol–water partition coefficient (Wildman–Crippen LogP) is 2.32. The Bertz CT molecular complexity index is 673. The topological polar surface area (TPSA) is 92.7 Å². The van der Waals surface area contributed by atoms with E-state index in [1.807, 2.05) is 48.5 Å². The van der Waals surface area contributed by atoms with E-state index in [0.717, 1.165) is 11.1 Å². The standard InChI is InChI=1S/C20H21NO5/c22-18(12-11-15-7-3-1-4-8-15)21-17(20(24)25)13-19(23)26-14-16-9-5-2-6-10-16/h1-10,17H,11-14H2,(H,21,22)(H,24,25)/t17-/m1/s1. The summed E-state index contributed by atoms with van der Waals surface area (Å²) in [5.41, 5.74) is 1.79. The van der Waals surface area contributed by atoms with Crippen molar-refractivity contribution in [2.75, 3.05) is 0 Å². The van der Waals surface area contributed by atoms with Crippen LogP contribution >= 0.6 is 0 Å². The van der Waals surface area contributed by atoms with Gasteiger partial charge in [0.1, 0.15) is 12.6 Å². The SMILES string of the molecule is O=C(CCc1ccccc1)N[C@H](CC(=O)OCc1ccccc1)C(=O)O. The van der Waals surface area contributed by atoms with E-state index in [0.29, 0.717) is 6.42 Å². The van der Waals surface area contributed by atoms with Crippen molar-refractivity contribution in [3.8, 4) is 0 Å². The maximum Gasteiger partial charge on any atom is 0.326 e. The Labute approximate surface area is 151 Å². The van der Waals surface area contributed by atoms with Gasteiger partial charge in [0, 0.05) is 6.42 Å². The fourth-order valence-electron chi connectivity index (χ4n) is 2.33. The van der Waals surface area contributed by atoms with Crippen LogP contribution in [-0.4, -0.2) is 29.0 Å². The first-order valence-corrected chi connectivity index (χ1v) is 8.30. The Balaban J connectivity index is 1.78. The Morgan fingerprint density at radius 2 is 1.50 bits per heavy atom. The van der Waals surface area contributed by atoms with Crippen LogP contribution in [0, 0.1) is 0 Å². The maximum atomic E-state index is 12.0. The van der Waals surface area contributed by atoms with Crippen molar-refractivity contribution in [3.63, 3.8) is 0 Å². The molecule has 0 saturated carbocycles. The summed E-state index contributed by atoms with van der Waals surface area (Å²) in [7, 11) is 0. The van der Waals surface area contributed by atoms with Crippen molar-refractivity contribution in [1.29, 1.82) is 0 Å². The summed E-state index contributed by atoms with van der Waals surface area (Å²) in [5.74, 6) is -2.36. The van der Waals surface area contributed by atoms with E-state index in [1.165, 1.54) is 0 Å². The van der Waals surface area contributed by atoms with Gasteiger partial charge in [-0.2, -0.15) is 0 Å². The van der Waals surface area contributed by atoms with Gasteiger partial charge < -0.3 is 15.2 Å². The van der Waals surface area contributed by atoms with Crippen LogP contribution in [0.25, 0.3) is 0 Å². The zero-order chi connectivity index (χ0) is 18.8. The average Bonchev–Trinajstić information content (AvgIpc) is 2.66. The first kappa shape index (κ1) is 19.2. The molecular formula is C20H21NO5. The molecule has 6 heteroatoms. The van der Waals surface area contributed by atoms with E-state index in [9.17, 15) is 19.5 Å². The second-order valence-electron chi connectivity index (χ2n) is 5.79. The van der Waals surface area contributed by atoms with Gasteiger partial charge in [-0.15, -0.1) is 0 Å². The summed E-state index contributed by atoms with van der Waals surface area (Å²) < 4.78 is 5.07. The van der Waals surface area contributed by atoms with Crippen molar-refractivity contribution in [2.24, 2.45) is 0 Å². The minimum Gasteiger partial charge on any atom is -0.480 e. The molecule has 2 aromatic rings. The van der Waals surface area contributed by atoms with Crippen LogP contribution in [0.15, 0.2) is 60.7 Å². The van der Waals surface area contributed by atoms with Gasteiger partial charge in [-0.05, 0) is 17.5 Å². The molecule has 0 heterocycles. The molecule has 136 valence electrons. The fraction of sp³-hybridized carbons (Fsp3) is 0.250. The van der Waals surface area contributed by atoms with Crippen molar-refractivity contribution in [1.82, 2.24) is 5.32 Å². The van der Waals surface area contributed by atoms with E-state index < -0.39 is 30.3 Å². The smallest absolute Gasteiger partial charge is 0.326 e. The van der Waals surface area contributed by atoms with Crippen LogP contribution in [0.2, 0.25) is 0 Å². The number of hydrogen-bond donors (Lipinski definition) is 2. The van der Waals surface area contributed by atoms with E-state index in [-0.39, 0.29) is 13.0 Å². The van der Waals surface area contributed by atoms with Crippen molar-refractivity contribution in [3.05, 3.63) is 71.8 Å². The Kier molecular flexibility index (Phi) is 7.36. The summed E-state index contributed by atoms with van der Waals surface area (Å²) >= 11 is 0. The molecule has 1 amide bonds. The minimum absolute atomic E-state index is 0.0635. The number of carbonyl (C=O) groups is 3. The first-order chi connectivity index (χ1) is 12.5. The maximum absolute atomic E-state index is 12.0. The van der Waals surface area contributed by atoms with Crippen molar-refractivity contribution in [2.45, 2.75) is 31.9 Å². The molecule has 0 aliphatic carbocycles. The van der Waals surface area contributed by atoms with Gasteiger partial charge in [0.15, 0.2) is 0 Å². The molecule has 0 bridgehead atoms. The molecule has 0 aliphatic rings. The van der Waals surface area contributed by atoms with E-state index in [1.54, 1.807) is 12.1 Å². The third kappa shape index (κ3) is 6.76. The molecule has 2 aromatic carbocycles. The van der Waals surface area contributed by atoms with Gasteiger partial charge in [0.2, 0.25) is 5.91 Å². The zero-order valence-corrected chi connectivity index (χ0v) is 14.3. The Morgan fingerprint density at radius 3 is 2.08 bits per heavy atom. The highest BCUT2D eigenvalue weighted by molar-refractivity contribution is 5.87. The summed E-state index contributed by atoms with van der Waals surface area (Å²) in [4.78, 5) is 35.1. The lowest BCUT2D eigenvalue weighted by molar-refractivity contribution is -0.151. The third-order valence-electron chi connectivity index (χ3n) is 3.73. The lowest BCUT2D eigenvalue weighted by atomic mass is 10.1. The van der Waals surface area contributed by atoms with Crippen LogP contribution in [-0.2, 0) is 32.1 Å². The minimum atomic E-state index is -1.30. The highest BCUT2D eigenvalue weighted by Crippen LogP contribution is 2.05. The van der Waals surface area contributed by atoms with E-state index in [4.69, 9.17) is 4.74 Å². The average molecular weight is 355 g/mol. The molecule has 2 N–H and O–H groups in total. The number of carboxylic acids is 1. The number of carbonyl (C=O) groups excluding carboxylic acids is 2. The van der Waals surface area contributed by atoms with Crippen LogP contribution in [0.4, 0.5) is 0 Å². The number of rotatable bonds is 9. The largest absolute Gasteiger partial charge is 0.480 e. The van der Waals surface area contributed by atoms with Gasteiger partial charge in [0.25, 0.3) is 0 Å². The number of esters is 1. The van der Waals surface area contributed by atoms with E-state index >= 15 is 0 Å². The summed E-state index contributed by atoms with van der Waals surface area (Å²) in [5, 5.41) is 11.6. The molecule has 26 heavy (non-hydrogen) atoms. The zero-order valence-electron chi connectivity index (χ0n) is 14.3. The molecule has 0 aromatic heterocycles. The highest BCUT2D eigenvalue weighted by Gasteiger charge is 2.24. The molecule has 2 rings (SSSR count). The summed E-state index contributed by atoms with van der Waals surface area (Å²) in [6.07, 6.45) is 0.226. The second-order valence-corrected chi connectivity index (χ2v) is 5.79. The number of aliphatic carboxylic acids is 1. The van der Waals surface area contributed by atoms with Crippen molar-refractivity contribution >= 4 is 17.8 Å². The number of nitrogens with one attached hydrogen (secondary N) is 1. The number of amides is 1. The molecule has 0 aliphatic heterocycles. The highest BCUT2D eigenvalue weighted by atomic mass is 16.5. The predicted molar refractivity (Wildman–Crippen MR) is 95.2 cm³/mol. The molecule has 1 atom stereocenters. The molecular weight excluding hydrogens is 334 g/mol. The third-order valence-corrected chi connectivity index (χ3v) is 3.73. The number of aryl methyl sites for hydroxylation is 1. The Morgan fingerprint density at radius 1 is 0.923 bits per heavy atom. The molecule has 0 saturated heterocycles. The quantitative estimate of drug-likeness (QED) is 0.674. The fourth-order valence-corrected chi connectivity index (χ4v) is 2.33. The molecule has 0 unspecified atom stereocenters. The van der Waals surface area contributed by atoms with Crippen LogP contribution in [0.5, 0.6) is 0 Å². The number of carboxylic acid groups (broad SMARTS) is 1. The van der Waals surface area contributed by atoms with Gasteiger partial charge in [-0.1, -0.05) is 60.7 Å². The molecule has 0 spiro atoms. The van der Waals surface area contributed by atoms with Gasteiger partial charge >= 0.3 is 11.9 Å². The summed E-state index contributed by atoms with van der Waals surface area (Å²) in [6, 6.07) is 17.2. The monoisotopic (exact) mass is 355 g/mol. The number of ether oxygens (including phenoxy) is 1. The second kappa shape index (κ2) is 9.98. The van der Waals surface area contributed by atoms with E-state index in [2.05, 4.69) is 5.32 Å². The number of hydrogen-bond acceptors (Lipinski definition) is 4. The van der Waals surface area contributed by atoms with Crippen LogP contribution < -0.4 is 5.32 Å². The lowest BCUT2D eigenvalue weighted by Crippen LogP contribution is -2.42. The van der Waals surface area contributed by atoms with Gasteiger partial charge in [0.05, 0.1) is 6.42 Å². The normalized spacial score (nSPS) is 11.4. The lowest BCUT2D eigenvalue weighted by Gasteiger charge is -2.14. The van der Waals surface area contributed by atoms with Gasteiger partial charge in [-0.25, -0.2) is 4.79 Å². The molecule has 0 radical (unpaired) electrons. The van der Waals surface area contributed by atoms with Crippen LogP contribution in [0.1, 0.15) is 24.0 Å². The first-order valence-electron chi connectivity index (χ1n) is 8.30. The van der Waals surface area contributed by atoms with Crippen molar-refractivity contribution < 1.29 is 24.2 Å². The molecule has 6 nitrogen and oxygen atoms in total. The van der Waals surface area contributed by atoms with Crippen LogP contribution in [0.3, 0.4) is 0 Å². The molecule has 0 fully saturated rings. The van der Waals surface area contributed by atoms with Gasteiger partial charge in [-0.3, -0.25) is 9.59 Å². The summed E-state index contributed by atoms with van der Waals surface area (Å²) in [6.45, 7) is 0.0635. The number of benzene rings is 2.